The lowest BCUT2D eigenvalue weighted by Crippen LogP contribution is -2.45. The van der Waals surface area contributed by atoms with Gasteiger partial charge in [0.05, 0.1) is 39.9 Å². The summed E-state index contributed by atoms with van der Waals surface area (Å²) in [7, 11) is 1.59. The van der Waals surface area contributed by atoms with Crippen LogP contribution in [0.5, 0.6) is 0 Å². The predicted molar refractivity (Wildman–Crippen MR) is 328 cm³/mol. The first kappa shape index (κ1) is 74.2. The largest absolute Gasteiger partial charge is 0.472 e. The topological polar surface area (TPSA) is 105 Å². The van der Waals surface area contributed by atoms with Gasteiger partial charge in [0.2, 0.25) is 5.91 Å². The van der Waals surface area contributed by atoms with Gasteiger partial charge in [0.25, 0.3) is 0 Å². The minimum Gasteiger partial charge on any atom is -0.387 e. The van der Waals surface area contributed by atoms with Crippen LogP contribution < -0.4 is 5.32 Å². The van der Waals surface area contributed by atoms with Crippen molar-refractivity contribution >= 4 is 13.7 Å². The van der Waals surface area contributed by atoms with Gasteiger partial charge in [-0.15, -0.1) is 0 Å². The highest BCUT2D eigenvalue weighted by Crippen LogP contribution is 2.43. The second kappa shape index (κ2) is 57.9. The highest BCUT2D eigenvalue weighted by Gasteiger charge is 2.28. The van der Waals surface area contributed by atoms with Crippen molar-refractivity contribution in [2.75, 3.05) is 40.9 Å². The van der Waals surface area contributed by atoms with E-state index >= 15 is 0 Å². The zero-order valence-corrected chi connectivity index (χ0v) is 52.2. The summed E-state index contributed by atoms with van der Waals surface area (Å²) in [5.41, 5.74) is 0. The fraction of sp³-hybridized carbons (Fsp3) is 0.955. The van der Waals surface area contributed by atoms with Gasteiger partial charge in [-0.05, 0) is 19.3 Å². The summed E-state index contributed by atoms with van der Waals surface area (Å²) in [6.45, 7) is 4.88. The quantitative estimate of drug-likeness (QED) is 0.0243. The number of nitrogens with one attached hydrogen (secondary N) is 1. The molecule has 3 N–H and O–H groups in total. The lowest BCUT2D eigenvalue weighted by Gasteiger charge is -2.25. The van der Waals surface area contributed by atoms with Crippen molar-refractivity contribution in [3.8, 4) is 0 Å². The molecular formula is C66H134N2O6P+. The Hall–Kier alpha value is -0.760. The minimum absolute atomic E-state index is 0.0654. The number of aliphatic hydroxyl groups is 1. The number of quaternary nitrogens is 1. The van der Waals surface area contributed by atoms with Gasteiger partial charge in [-0.25, -0.2) is 4.57 Å². The first-order valence-corrected chi connectivity index (χ1v) is 35.1. The normalized spacial score (nSPS) is 13.7. The molecule has 75 heavy (non-hydrogen) atoms. The summed E-state index contributed by atoms with van der Waals surface area (Å²) >= 11 is 0. The molecular weight excluding hydrogens is 948 g/mol. The van der Waals surface area contributed by atoms with E-state index in [2.05, 4.69) is 19.2 Å². The van der Waals surface area contributed by atoms with E-state index in [1.807, 2.05) is 27.2 Å². The summed E-state index contributed by atoms with van der Waals surface area (Å²) in [6, 6.07) is -0.843. The number of likely N-dealkylation sites (N-methyl/N-ethyl adjacent to an activating group) is 1. The van der Waals surface area contributed by atoms with Gasteiger partial charge in [-0.2, -0.15) is 0 Å². The van der Waals surface area contributed by atoms with Crippen LogP contribution in [-0.4, -0.2) is 73.4 Å². The first-order chi connectivity index (χ1) is 36.5. The Labute approximate surface area is 469 Å². The Morgan fingerprint density at radius 2 is 0.707 bits per heavy atom. The lowest BCUT2D eigenvalue weighted by atomic mass is 10.0. The maximum absolute atomic E-state index is 13.0. The number of amides is 1. The zero-order valence-electron chi connectivity index (χ0n) is 51.3. The molecule has 0 saturated heterocycles. The van der Waals surface area contributed by atoms with E-state index < -0.39 is 20.0 Å². The number of hydrogen-bond donors (Lipinski definition) is 3. The number of carbonyl (C=O) groups is 1. The maximum Gasteiger partial charge on any atom is 0.472 e. The molecule has 0 aromatic carbocycles. The van der Waals surface area contributed by atoms with Gasteiger partial charge >= 0.3 is 7.82 Å². The van der Waals surface area contributed by atoms with E-state index in [4.69, 9.17) is 9.05 Å². The number of aliphatic hydroxyl groups excluding tert-OH is 1. The van der Waals surface area contributed by atoms with Gasteiger partial charge in [0.15, 0.2) is 0 Å². The third-order valence-electron chi connectivity index (χ3n) is 15.8. The molecule has 0 spiro atoms. The van der Waals surface area contributed by atoms with E-state index in [1.54, 1.807) is 6.08 Å². The Bertz CT molecular complexity index is 1230. The molecule has 9 heteroatoms. The van der Waals surface area contributed by atoms with Crippen LogP contribution in [0.3, 0.4) is 0 Å². The first-order valence-electron chi connectivity index (χ1n) is 33.6. The van der Waals surface area contributed by atoms with Crippen LogP contribution in [0.1, 0.15) is 354 Å². The van der Waals surface area contributed by atoms with Crippen LogP contribution in [0.2, 0.25) is 0 Å². The van der Waals surface area contributed by atoms with Crippen molar-refractivity contribution in [2.45, 2.75) is 366 Å². The third kappa shape index (κ3) is 60.7. The lowest BCUT2D eigenvalue weighted by molar-refractivity contribution is -0.870. The number of phosphoric acid groups is 1. The molecule has 0 heterocycles. The van der Waals surface area contributed by atoms with Crippen molar-refractivity contribution in [3.05, 3.63) is 12.2 Å². The number of allylic oxidation sites excluding steroid dienone is 1. The van der Waals surface area contributed by atoms with Gasteiger partial charge in [0, 0.05) is 6.42 Å². The number of unbranched alkanes of at least 4 members (excludes halogenated alkanes) is 50. The molecule has 0 bridgehead atoms. The fourth-order valence-corrected chi connectivity index (χ4v) is 11.3. The Morgan fingerprint density at radius 1 is 0.440 bits per heavy atom. The van der Waals surface area contributed by atoms with Crippen molar-refractivity contribution in [1.29, 1.82) is 0 Å². The van der Waals surface area contributed by atoms with Crippen LogP contribution in [0.15, 0.2) is 12.2 Å². The van der Waals surface area contributed by atoms with E-state index in [1.165, 1.54) is 302 Å². The summed E-state index contributed by atoms with van der Waals surface area (Å²) in [5.74, 6) is -0.168. The molecule has 0 rings (SSSR count). The molecule has 0 fully saturated rings. The summed E-state index contributed by atoms with van der Waals surface area (Å²) in [4.78, 5) is 23.4. The molecule has 0 aliphatic rings. The van der Waals surface area contributed by atoms with Crippen LogP contribution >= 0.6 is 7.82 Å². The van der Waals surface area contributed by atoms with Crippen molar-refractivity contribution in [2.24, 2.45) is 0 Å². The van der Waals surface area contributed by atoms with E-state index in [9.17, 15) is 19.4 Å². The zero-order chi connectivity index (χ0) is 54.9. The SMILES string of the molecule is CCCCCCCCCCCCCCCCCCCCCCCCCCCCCCC/C=C/C(O)C(COP(=O)(O)OCC[N+](C)(C)C)NC(=O)CCCCCCCCCCCCCCCCCCCCCCCC. The van der Waals surface area contributed by atoms with E-state index in [0.717, 1.165) is 32.1 Å². The monoisotopic (exact) mass is 1080 g/mol. The summed E-state index contributed by atoms with van der Waals surface area (Å²) in [5, 5.41) is 14.0. The maximum atomic E-state index is 13.0. The Balaban J connectivity index is 4.05. The van der Waals surface area contributed by atoms with Crippen LogP contribution in [0.25, 0.3) is 0 Å². The molecule has 1 amide bonds. The Kier molecular flexibility index (Phi) is 57.3. The average Bonchev–Trinajstić information content (AvgIpc) is 3.37. The molecule has 0 radical (unpaired) electrons. The third-order valence-corrected chi connectivity index (χ3v) is 16.7. The second-order valence-corrected chi connectivity index (χ2v) is 26.0. The van der Waals surface area contributed by atoms with Crippen molar-refractivity contribution in [3.63, 3.8) is 0 Å². The molecule has 0 aliphatic carbocycles. The fourth-order valence-electron chi connectivity index (χ4n) is 10.5. The molecule has 0 aromatic heterocycles. The van der Waals surface area contributed by atoms with Crippen molar-refractivity contribution < 1.29 is 32.9 Å². The van der Waals surface area contributed by atoms with Crippen molar-refractivity contribution in [1.82, 2.24) is 5.32 Å². The predicted octanol–water partition coefficient (Wildman–Crippen LogP) is 20.9. The highest BCUT2D eigenvalue weighted by molar-refractivity contribution is 7.47. The van der Waals surface area contributed by atoms with Gasteiger partial charge in [0.1, 0.15) is 13.2 Å². The van der Waals surface area contributed by atoms with Gasteiger partial charge < -0.3 is 19.8 Å². The molecule has 0 saturated carbocycles. The molecule has 3 unspecified atom stereocenters. The number of nitrogens with zero attached hydrogens (tertiary/aromatic N) is 1. The number of carbonyl (C=O) groups excluding carboxylic acids is 1. The number of hydrogen-bond acceptors (Lipinski definition) is 5. The summed E-state index contributed by atoms with van der Waals surface area (Å²) < 4.78 is 23.8. The van der Waals surface area contributed by atoms with E-state index in [-0.39, 0.29) is 19.1 Å². The second-order valence-electron chi connectivity index (χ2n) is 24.6. The molecule has 0 aromatic rings. The smallest absolute Gasteiger partial charge is 0.387 e. The minimum atomic E-state index is -4.35. The van der Waals surface area contributed by atoms with E-state index in [0.29, 0.717) is 17.4 Å². The van der Waals surface area contributed by atoms with Gasteiger partial charge in [-0.3, -0.25) is 13.8 Å². The molecule has 3 atom stereocenters. The Morgan fingerprint density at radius 3 is 0.987 bits per heavy atom. The number of phosphoric ester groups is 1. The number of rotatable bonds is 63. The molecule has 8 nitrogen and oxygen atoms in total. The molecule has 448 valence electrons. The standard InChI is InChI=1S/C66H133N2O6P/c1-6-8-10-12-14-16-18-20-22-24-26-28-30-31-32-33-34-35-36-37-38-39-41-43-45-47-49-51-53-55-57-59-65(69)64(63-74-75(71,72)73-62-61-68(3,4)5)67-66(70)60-58-56-54-52-50-48-46-44-42-40-29-27-25-23-21-19-17-15-13-11-9-7-2/h57,59,64-65,69H,6-56,58,60-63H2,1-5H3,(H-,67,70,71,72)/p+1/b59-57+. The molecule has 0 aliphatic heterocycles. The van der Waals surface area contributed by atoms with Crippen LogP contribution in [-0.2, 0) is 18.4 Å². The summed E-state index contributed by atoms with van der Waals surface area (Å²) in [6.07, 6.45) is 73.5. The van der Waals surface area contributed by atoms with Gasteiger partial charge in [-0.1, -0.05) is 341 Å². The highest BCUT2D eigenvalue weighted by atomic mass is 31.2. The van der Waals surface area contributed by atoms with Crippen LogP contribution in [0, 0.1) is 0 Å². The van der Waals surface area contributed by atoms with Crippen LogP contribution in [0.4, 0.5) is 0 Å². The average molecular weight is 1080 g/mol.